The van der Waals surface area contributed by atoms with Crippen molar-refractivity contribution in [1.82, 2.24) is 19.4 Å². The van der Waals surface area contributed by atoms with Crippen LogP contribution in [0.4, 0.5) is 5.82 Å². The summed E-state index contributed by atoms with van der Waals surface area (Å²) in [7, 11) is 2.08. The Bertz CT molecular complexity index is 1790. The fourth-order valence-electron chi connectivity index (χ4n) is 6.58. The van der Waals surface area contributed by atoms with Crippen molar-refractivity contribution >= 4 is 28.5 Å². The Kier molecular flexibility index (Phi) is 6.50. The van der Waals surface area contributed by atoms with Gasteiger partial charge in [0.1, 0.15) is 12.4 Å². The molecule has 0 bridgehead atoms. The Balaban J connectivity index is 1.27. The van der Waals surface area contributed by atoms with Crippen molar-refractivity contribution in [2.45, 2.75) is 13.0 Å². The molecule has 7 nitrogen and oxygen atoms in total. The highest BCUT2D eigenvalue weighted by molar-refractivity contribution is 6.03. The molecule has 7 rings (SSSR count). The largest absolute Gasteiger partial charge is 0.353 e. The minimum Gasteiger partial charge on any atom is -0.353 e. The molecule has 2 aliphatic rings. The fourth-order valence-corrected chi connectivity index (χ4v) is 6.58. The second-order valence-electron chi connectivity index (χ2n) is 11.2. The van der Waals surface area contributed by atoms with E-state index in [0.717, 1.165) is 39.1 Å². The lowest BCUT2D eigenvalue weighted by Crippen LogP contribution is -2.51. The first-order chi connectivity index (χ1) is 20.5. The lowest BCUT2D eigenvalue weighted by atomic mass is 9.93. The maximum absolute atomic E-state index is 14.0. The molecule has 1 atom stereocenters. The molecule has 7 heteroatoms. The van der Waals surface area contributed by atoms with Crippen molar-refractivity contribution in [3.8, 4) is 11.3 Å². The third-order valence-electron chi connectivity index (χ3n) is 8.71. The molecule has 0 spiro atoms. The summed E-state index contributed by atoms with van der Waals surface area (Å²) in [5.41, 5.74) is 7.10. The van der Waals surface area contributed by atoms with Gasteiger partial charge in [-0.15, -0.1) is 0 Å². The topological polar surface area (TPSA) is 61.7 Å². The van der Waals surface area contributed by atoms with Crippen LogP contribution in [0.5, 0.6) is 0 Å². The zero-order valence-electron chi connectivity index (χ0n) is 23.9. The lowest BCUT2D eigenvalue weighted by Gasteiger charge is -2.36. The van der Waals surface area contributed by atoms with Gasteiger partial charge >= 0.3 is 0 Å². The summed E-state index contributed by atoms with van der Waals surface area (Å²) in [6, 6.07) is 30.2. The minimum absolute atomic E-state index is 0.0261. The van der Waals surface area contributed by atoms with Crippen LogP contribution in [0.25, 0.3) is 22.2 Å². The van der Waals surface area contributed by atoms with Crippen molar-refractivity contribution in [3.63, 3.8) is 0 Å². The van der Waals surface area contributed by atoms with Gasteiger partial charge in [-0.05, 0) is 42.3 Å². The summed E-state index contributed by atoms with van der Waals surface area (Å²) in [6.07, 6.45) is 1.79. The van der Waals surface area contributed by atoms with E-state index in [1.54, 1.807) is 11.1 Å². The molecule has 2 aromatic heterocycles. The number of para-hydroxylation sites is 1. The Hall–Kier alpha value is -4.91. The minimum atomic E-state index is -0.380. The van der Waals surface area contributed by atoms with Gasteiger partial charge < -0.3 is 19.3 Å². The van der Waals surface area contributed by atoms with Crippen LogP contribution < -0.4 is 4.90 Å². The lowest BCUT2D eigenvalue weighted by molar-refractivity contribution is -0.132. The number of hydrogen-bond donors (Lipinski definition) is 0. The summed E-state index contributed by atoms with van der Waals surface area (Å²) in [5, 5.41) is 1.09. The van der Waals surface area contributed by atoms with E-state index in [4.69, 9.17) is 0 Å². The van der Waals surface area contributed by atoms with Crippen LogP contribution in [0.3, 0.4) is 0 Å². The van der Waals surface area contributed by atoms with Gasteiger partial charge in [-0.25, -0.2) is 4.98 Å². The van der Waals surface area contributed by atoms with Crippen molar-refractivity contribution in [2.24, 2.45) is 7.05 Å². The number of nitrogens with zero attached hydrogens (tertiary/aromatic N) is 5. The Labute approximate surface area is 245 Å². The summed E-state index contributed by atoms with van der Waals surface area (Å²) in [4.78, 5) is 38.2. The highest BCUT2D eigenvalue weighted by atomic mass is 16.2. The van der Waals surface area contributed by atoms with Gasteiger partial charge in [-0.3, -0.25) is 9.59 Å². The van der Waals surface area contributed by atoms with E-state index in [9.17, 15) is 9.59 Å². The van der Waals surface area contributed by atoms with Crippen LogP contribution in [-0.4, -0.2) is 63.9 Å². The standard InChI is InChI=1S/C35H33N5O2/c1-24-14-16-25(17-15-24)33-32(28-11-5-6-12-29(28)37(33)2)34-26-9-3-4-10-27(26)35(42)40(34)23-31(41)39-21-19-38(20-22-39)30-13-7-8-18-36-30/h3-18,34H,19-23H2,1-2H3. The van der Waals surface area contributed by atoms with E-state index in [0.29, 0.717) is 31.7 Å². The number of carbonyl (C=O) groups is 2. The molecule has 3 aromatic carbocycles. The van der Waals surface area contributed by atoms with Gasteiger partial charge in [0.15, 0.2) is 0 Å². The van der Waals surface area contributed by atoms with E-state index in [1.165, 1.54) is 5.56 Å². The van der Waals surface area contributed by atoms with Gasteiger partial charge in [0.25, 0.3) is 5.91 Å². The number of pyridine rings is 1. The highest BCUT2D eigenvalue weighted by Crippen LogP contribution is 2.46. The number of benzene rings is 3. The number of aryl methyl sites for hydroxylation is 2. The number of aromatic nitrogens is 2. The van der Waals surface area contributed by atoms with Gasteiger partial charge in [0, 0.05) is 61.5 Å². The Morgan fingerprint density at radius 1 is 0.857 bits per heavy atom. The summed E-state index contributed by atoms with van der Waals surface area (Å²) < 4.78 is 2.22. The molecule has 0 radical (unpaired) electrons. The van der Waals surface area contributed by atoms with Crippen LogP contribution in [0.15, 0.2) is 97.2 Å². The summed E-state index contributed by atoms with van der Waals surface area (Å²) >= 11 is 0. The molecule has 0 saturated carbocycles. The molecule has 1 fully saturated rings. The maximum Gasteiger partial charge on any atom is 0.255 e. The van der Waals surface area contributed by atoms with Crippen LogP contribution in [0.1, 0.15) is 33.1 Å². The van der Waals surface area contributed by atoms with Crippen molar-refractivity contribution in [3.05, 3.63) is 119 Å². The summed E-state index contributed by atoms with van der Waals surface area (Å²) in [6.45, 7) is 4.72. The SMILES string of the molecule is Cc1ccc(-c2c(C3c4ccccc4C(=O)N3CC(=O)N3CCN(c4ccccn4)CC3)c3ccccc3n2C)cc1. The predicted octanol–water partition coefficient (Wildman–Crippen LogP) is 5.44. The Morgan fingerprint density at radius 2 is 1.57 bits per heavy atom. The molecule has 210 valence electrons. The van der Waals surface area contributed by atoms with Crippen LogP contribution in [-0.2, 0) is 11.8 Å². The molecule has 2 aliphatic heterocycles. The van der Waals surface area contributed by atoms with E-state index in [2.05, 4.69) is 64.8 Å². The monoisotopic (exact) mass is 555 g/mol. The van der Waals surface area contributed by atoms with E-state index in [-0.39, 0.29) is 24.4 Å². The first-order valence-electron chi connectivity index (χ1n) is 14.5. The zero-order chi connectivity index (χ0) is 28.8. The normalized spacial score (nSPS) is 16.8. The fraction of sp³-hybridized carbons (Fsp3) is 0.229. The molecule has 1 saturated heterocycles. The number of amides is 2. The van der Waals surface area contributed by atoms with Gasteiger partial charge in [-0.1, -0.05) is 72.3 Å². The zero-order valence-corrected chi connectivity index (χ0v) is 23.9. The van der Waals surface area contributed by atoms with Crippen molar-refractivity contribution in [2.75, 3.05) is 37.6 Å². The number of rotatable bonds is 5. The van der Waals surface area contributed by atoms with E-state index in [1.807, 2.05) is 59.5 Å². The van der Waals surface area contributed by atoms with E-state index >= 15 is 0 Å². The third kappa shape index (κ3) is 4.33. The summed E-state index contributed by atoms with van der Waals surface area (Å²) in [5.74, 6) is 0.798. The smallest absolute Gasteiger partial charge is 0.255 e. The van der Waals surface area contributed by atoms with Crippen LogP contribution in [0.2, 0.25) is 0 Å². The second-order valence-corrected chi connectivity index (χ2v) is 11.2. The molecule has 42 heavy (non-hydrogen) atoms. The molecular weight excluding hydrogens is 522 g/mol. The molecule has 2 amide bonds. The van der Waals surface area contributed by atoms with E-state index < -0.39 is 0 Å². The van der Waals surface area contributed by atoms with Crippen LogP contribution in [0, 0.1) is 6.92 Å². The quantitative estimate of drug-likeness (QED) is 0.290. The molecule has 0 N–H and O–H groups in total. The third-order valence-corrected chi connectivity index (χ3v) is 8.71. The first-order valence-corrected chi connectivity index (χ1v) is 14.5. The Morgan fingerprint density at radius 3 is 2.33 bits per heavy atom. The molecule has 0 aliphatic carbocycles. The number of piperazine rings is 1. The number of fused-ring (bicyclic) bond motifs is 2. The molecular formula is C35H33N5O2. The first kappa shape index (κ1) is 26.0. The number of carbonyl (C=O) groups excluding carboxylic acids is 2. The van der Waals surface area contributed by atoms with Gasteiger partial charge in [-0.2, -0.15) is 0 Å². The average molecular weight is 556 g/mol. The predicted molar refractivity (Wildman–Crippen MR) is 165 cm³/mol. The molecule has 5 aromatic rings. The van der Waals surface area contributed by atoms with Crippen LogP contribution >= 0.6 is 0 Å². The van der Waals surface area contributed by atoms with Gasteiger partial charge in [0.2, 0.25) is 5.91 Å². The molecule has 1 unspecified atom stereocenters. The van der Waals surface area contributed by atoms with Crippen molar-refractivity contribution < 1.29 is 9.59 Å². The second kappa shape index (κ2) is 10.5. The molecule has 4 heterocycles. The highest BCUT2D eigenvalue weighted by Gasteiger charge is 2.42. The average Bonchev–Trinajstić information content (AvgIpc) is 3.48. The maximum atomic E-state index is 14.0. The van der Waals surface area contributed by atoms with Gasteiger partial charge in [0.05, 0.1) is 11.7 Å². The number of anilines is 1. The van der Waals surface area contributed by atoms with Crippen molar-refractivity contribution in [1.29, 1.82) is 0 Å². The number of hydrogen-bond acceptors (Lipinski definition) is 4.